The summed E-state index contributed by atoms with van der Waals surface area (Å²) in [6.45, 7) is 4.14. The average Bonchev–Trinajstić information content (AvgIpc) is 3.06. The number of hydrogen-bond donors (Lipinski definition) is 0. The Labute approximate surface area is 144 Å². The van der Waals surface area contributed by atoms with Gasteiger partial charge in [0.1, 0.15) is 0 Å². The third kappa shape index (κ3) is 3.11. The highest BCUT2D eigenvalue weighted by atomic mass is 16.5. The van der Waals surface area contributed by atoms with E-state index in [1.54, 1.807) is 11.6 Å². The molecular formula is C16H23N5O4. The lowest BCUT2D eigenvalue weighted by atomic mass is 10.2. The van der Waals surface area contributed by atoms with Crippen LogP contribution in [0.15, 0.2) is 15.9 Å². The molecule has 3 rings (SSSR count). The molecule has 0 aliphatic carbocycles. The maximum absolute atomic E-state index is 12.5. The second-order valence-corrected chi connectivity index (χ2v) is 6.31. The molecule has 3 heterocycles. The van der Waals surface area contributed by atoms with Crippen molar-refractivity contribution < 1.29 is 9.53 Å². The SMILES string of the molecule is CCC1CN(C(=O)CCn2cnc3c2c(=O)n(C)c(=O)n3C)CCO1. The molecule has 9 nitrogen and oxygen atoms in total. The molecule has 25 heavy (non-hydrogen) atoms. The topological polar surface area (TPSA) is 91.4 Å². The van der Waals surface area contributed by atoms with Gasteiger partial charge in [0.2, 0.25) is 5.91 Å². The maximum Gasteiger partial charge on any atom is 0.332 e. The summed E-state index contributed by atoms with van der Waals surface area (Å²) in [5.74, 6) is 0.0326. The smallest absolute Gasteiger partial charge is 0.332 e. The number of aryl methyl sites for hydroxylation is 2. The van der Waals surface area contributed by atoms with E-state index in [-0.39, 0.29) is 18.4 Å². The van der Waals surface area contributed by atoms with E-state index in [9.17, 15) is 14.4 Å². The summed E-state index contributed by atoms with van der Waals surface area (Å²) in [7, 11) is 3.01. The molecule has 0 saturated carbocycles. The summed E-state index contributed by atoms with van der Waals surface area (Å²) < 4.78 is 9.62. The van der Waals surface area contributed by atoms with E-state index < -0.39 is 11.2 Å². The summed E-state index contributed by atoms with van der Waals surface area (Å²) in [6.07, 6.45) is 2.74. The standard InChI is InChI=1S/C16H23N5O4/c1-4-11-9-20(7-8-25-11)12(22)5-6-21-10-17-14-13(21)15(23)19(3)16(24)18(14)2/h10-11H,4-9H2,1-3H3. The van der Waals surface area contributed by atoms with E-state index in [1.165, 1.54) is 17.9 Å². The number of imidazole rings is 1. The van der Waals surface area contributed by atoms with Crippen LogP contribution in [0.5, 0.6) is 0 Å². The van der Waals surface area contributed by atoms with E-state index in [0.717, 1.165) is 11.0 Å². The van der Waals surface area contributed by atoms with Gasteiger partial charge in [0.05, 0.1) is 19.0 Å². The van der Waals surface area contributed by atoms with Crippen LogP contribution in [0.25, 0.3) is 11.2 Å². The second-order valence-electron chi connectivity index (χ2n) is 6.31. The van der Waals surface area contributed by atoms with Crippen molar-refractivity contribution >= 4 is 17.1 Å². The van der Waals surface area contributed by atoms with E-state index in [4.69, 9.17) is 4.74 Å². The molecule has 1 atom stereocenters. The van der Waals surface area contributed by atoms with Gasteiger partial charge in [-0.25, -0.2) is 9.78 Å². The predicted molar refractivity (Wildman–Crippen MR) is 91.4 cm³/mol. The van der Waals surface area contributed by atoms with Gasteiger partial charge in [-0.05, 0) is 6.42 Å². The first-order valence-electron chi connectivity index (χ1n) is 8.44. The minimum absolute atomic E-state index is 0.0326. The van der Waals surface area contributed by atoms with Gasteiger partial charge < -0.3 is 14.2 Å². The number of hydrogen-bond acceptors (Lipinski definition) is 5. The summed E-state index contributed by atoms with van der Waals surface area (Å²) in [5.41, 5.74) is -0.151. The molecule has 9 heteroatoms. The van der Waals surface area contributed by atoms with Crippen molar-refractivity contribution in [3.8, 4) is 0 Å². The third-order valence-corrected chi connectivity index (χ3v) is 4.73. The minimum Gasteiger partial charge on any atom is -0.375 e. The Bertz CT molecular complexity index is 910. The fourth-order valence-corrected chi connectivity index (χ4v) is 3.13. The van der Waals surface area contributed by atoms with Crippen LogP contribution >= 0.6 is 0 Å². The minimum atomic E-state index is -0.419. The van der Waals surface area contributed by atoms with Crippen LogP contribution in [0.1, 0.15) is 19.8 Å². The lowest BCUT2D eigenvalue weighted by Gasteiger charge is -2.32. The van der Waals surface area contributed by atoms with Crippen LogP contribution in [-0.4, -0.2) is 55.3 Å². The number of ether oxygens (including phenoxy) is 1. The number of aromatic nitrogens is 4. The molecule has 0 spiro atoms. The molecule has 1 aliphatic rings. The molecule has 0 bridgehead atoms. The molecule has 0 aromatic carbocycles. The van der Waals surface area contributed by atoms with E-state index in [0.29, 0.717) is 37.4 Å². The highest BCUT2D eigenvalue weighted by molar-refractivity contribution is 5.76. The molecule has 2 aromatic heterocycles. The van der Waals surface area contributed by atoms with Crippen LogP contribution in [0.3, 0.4) is 0 Å². The molecule has 0 radical (unpaired) electrons. The zero-order valence-corrected chi connectivity index (χ0v) is 14.8. The van der Waals surface area contributed by atoms with E-state index >= 15 is 0 Å². The van der Waals surface area contributed by atoms with Crippen LogP contribution in [0, 0.1) is 0 Å². The maximum atomic E-state index is 12.5. The Hall–Kier alpha value is -2.42. The molecule has 1 saturated heterocycles. The van der Waals surface area contributed by atoms with E-state index in [2.05, 4.69) is 4.98 Å². The average molecular weight is 349 g/mol. The summed E-state index contributed by atoms with van der Waals surface area (Å²) in [4.78, 5) is 42.8. The van der Waals surface area contributed by atoms with Crippen molar-refractivity contribution in [1.82, 2.24) is 23.6 Å². The van der Waals surface area contributed by atoms with Gasteiger partial charge in [0.15, 0.2) is 11.2 Å². The van der Waals surface area contributed by atoms with Crippen molar-refractivity contribution in [3.63, 3.8) is 0 Å². The first-order valence-corrected chi connectivity index (χ1v) is 8.44. The van der Waals surface area contributed by atoms with Crippen molar-refractivity contribution in [3.05, 3.63) is 27.2 Å². The van der Waals surface area contributed by atoms with E-state index in [1.807, 2.05) is 11.8 Å². The Balaban J connectivity index is 1.79. The molecule has 136 valence electrons. The van der Waals surface area contributed by atoms with Crippen LogP contribution < -0.4 is 11.2 Å². The van der Waals surface area contributed by atoms with Crippen LogP contribution in [0.2, 0.25) is 0 Å². The number of carbonyl (C=O) groups is 1. The summed E-state index contributed by atoms with van der Waals surface area (Å²) in [5, 5.41) is 0. The van der Waals surface area contributed by atoms with Gasteiger partial charge in [-0.2, -0.15) is 0 Å². The van der Waals surface area contributed by atoms with Gasteiger partial charge in [-0.1, -0.05) is 6.92 Å². The van der Waals surface area contributed by atoms with Crippen molar-refractivity contribution in [2.45, 2.75) is 32.4 Å². The highest BCUT2D eigenvalue weighted by Gasteiger charge is 2.23. The summed E-state index contributed by atoms with van der Waals surface area (Å²) in [6, 6.07) is 0. The zero-order chi connectivity index (χ0) is 18.1. The van der Waals surface area contributed by atoms with Crippen LogP contribution in [0.4, 0.5) is 0 Å². The number of amides is 1. The van der Waals surface area contributed by atoms with Crippen molar-refractivity contribution in [1.29, 1.82) is 0 Å². The fraction of sp³-hybridized carbons (Fsp3) is 0.625. The van der Waals surface area contributed by atoms with Gasteiger partial charge in [0.25, 0.3) is 5.56 Å². The Morgan fingerprint density at radius 2 is 2.08 bits per heavy atom. The number of carbonyl (C=O) groups excluding carboxylic acids is 1. The quantitative estimate of drug-likeness (QED) is 0.739. The first-order chi connectivity index (χ1) is 11.9. The van der Waals surface area contributed by atoms with Crippen molar-refractivity contribution in [2.75, 3.05) is 19.7 Å². The lowest BCUT2D eigenvalue weighted by Crippen LogP contribution is -2.45. The molecule has 1 amide bonds. The molecule has 2 aromatic rings. The van der Waals surface area contributed by atoms with Crippen LogP contribution in [-0.2, 0) is 30.2 Å². The Morgan fingerprint density at radius 1 is 1.32 bits per heavy atom. The molecule has 1 fully saturated rings. The lowest BCUT2D eigenvalue weighted by molar-refractivity contribution is -0.139. The number of fused-ring (bicyclic) bond motifs is 1. The largest absolute Gasteiger partial charge is 0.375 e. The number of nitrogens with zero attached hydrogens (tertiary/aromatic N) is 5. The molecular weight excluding hydrogens is 326 g/mol. The Morgan fingerprint density at radius 3 is 2.80 bits per heavy atom. The van der Waals surface area contributed by atoms with Gasteiger partial charge >= 0.3 is 5.69 Å². The summed E-state index contributed by atoms with van der Waals surface area (Å²) >= 11 is 0. The second kappa shape index (κ2) is 6.83. The zero-order valence-electron chi connectivity index (χ0n) is 14.8. The fourth-order valence-electron chi connectivity index (χ4n) is 3.13. The van der Waals surface area contributed by atoms with Crippen molar-refractivity contribution in [2.24, 2.45) is 14.1 Å². The first kappa shape index (κ1) is 17.4. The number of morpholine rings is 1. The highest BCUT2D eigenvalue weighted by Crippen LogP contribution is 2.11. The Kier molecular flexibility index (Phi) is 4.76. The molecule has 1 unspecified atom stereocenters. The number of rotatable bonds is 4. The van der Waals surface area contributed by atoms with Gasteiger partial charge in [-0.15, -0.1) is 0 Å². The third-order valence-electron chi connectivity index (χ3n) is 4.73. The monoisotopic (exact) mass is 349 g/mol. The van der Waals surface area contributed by atoms with Gasteiger partial charge in [-0.3, -0.25) is 18.7 Å². The van der Waals surface area contributed by atoms with Gasteiger partial charge in [0, 0.05) is 40.2 Å². The molecule has 0 N–H and O–H groups in total. The normalized spacial score (nSPS) is 18.0. The predicted octanol–water partition coefficient (Wildman–Crippen LogP) is -0.539. The molecule has 1 aliphatic heterocycles.